The maximum absolute atomic E-state index is 5.19. The van der Waals surface area contributed by atoms with Crippen molar-refractivity contribution in [3.8, 4) is 0 Å². The van der Waals surface area contributed by atoms with Crippen LogP contribution in [0, 0.1) is 0 Å². The van der Waals surface area contributed by atoms with Crippen LogP contribution < -0.4 is 5.32 Å². The molecule has 10 heavy (non-hydrogen) atoms. The van der Waals surface area contributed by atoms with E-state index in [0.29, 0.717) is 6.61 Å². The molecular formula is C7H14BrNO. The molecule has 0 aliphatic rings. The Morgan fingerprint density at radius 3 is 2.90 bits per heavy atom. The van der Waals surface area contributed by atoms with E-state index in [-0.39, 0.29) is 0 Å². The fourth-order valence-electron chi connectivity index (χ4n) is 0.504. The van der Waals surface area contributed by atoms with E-state index in [0.717, 1.165) is 24.2 Å². The predicted molar refractivity (Wildman–Crippen MR) is 47.4 cm³/mol. The molecule has 0 aromatic rings. The third kappa shape index (κ3) is 8.14. The molecule has 60 valence electrons. The van der Waals surface area contributed by atoms with E-state index in [9.17, 15) is 0 Å². The Kier molecular flexibility index (Phi) is 7.35. The Morgan fingerprint density at radius 2 is 2.40 bits per heavy atom. The van der Waals surface area contributed by atoms with Crippen molar-refractivity contribution in [2.24, 2.45) is 0 Å². The van der Waals surface area contributed by atoms with Gasteiger partial charge in [0.15, 0.2) is 0 Å². The quantitative estimate of drug-likeness (QED) is 0.668. The standard InChI is InChI=1S/C7H14BrNO/c1-3-9-4-5-10-6-7(2)8/h9H,2-6H2,1H3. The normalized spacial score (nSPS) is 9.80. The van der Waals surface area contributed by atoms with E-state index in [4.69, 9.17) is 4.74 Å². The predicted octanol–water partition coefficient (Wildman–Crippen LogP) is 1.52. The van der Waals surface area contributed by atoms with Crippen molar-refractivity contribution in [2.45, 2.75) is 6.92 Å². The lowest BCUT2D eigenvalue weighted by atomic mass is 10.6. The van der Waals surface area contributed by atoms with Gasteiger partial charge in [-0.3, -0.25) is 0 Å². The number of rotatable bonds is 6. The molecular weight excluding hydrogens is 194 g/mol. The van der Waals surface area contributed by atoms with E-state index in [1.54, 1.807) is 0 Å². The SMILES string of the molecule is C=C(Br)COCCNCC. The first-order valence-electron chi connectivity index (χ1n) is 3.39. The zero-order valence-corrected chi connectivity index (χ0v) is 7.91. The van der Waals surface area contributed by atoms with Crippen LogP contribution in [-0.2, 0) is 4.74 Å². The zero-order chi connectivity index (χ0) is 7.82. The van der Waals surface area contributed by atoms with Crippen LogP contribution >= 0.6 is 15.9 Å². The molecule has 0 aliphatic heterocycles. The molecule has 0 heterocycles. The van der Waals surface area contributed by atoms with Gasteiger partial charge in [-0.05, 0) is 6.54 Å². The van der Waals surface area contributed by atoms with Gasteiger partial charge in [-0.1, -0.05) is 29.4 Å². The molecule has 0 radical (unpaired) electrons. The average molecular weight is 208 g/mol. The van der Waals surface area contributed by atoms with Crippen LogP contribution in [-0.4, -0.2) is 26.3 Å². The minimum atomic E-state index is 0.603. The Bertz CT molecular complexity index is 95.6. The monoisotopic (exact) mass is 207 g/mol. The van der Waals surface area contributed by atoms with Gasteiger partial charge in [0.2, 0.25) is 0 Å². The molecule has 0 atom stereocenters. The summed E-state index contributed by atoms with van der Waals surface area (Å²) in [5.41, 5.74) is 0. The molecule has 3 heteroatoms. The average Bonchev–Trinajstić information content (AvgIpc) is 1.87. The Hall–Kier alpha value is 0.140. The molecule has 0 aliphatic carbocycles. The summed E-state index contributed by atoms with van der Waals surface area (Å²) in [6.45, 7) is 8.98. The summed E-state index contributed by atoms with van der Waals surface area (Å²) >= 11 is 3.20. The minimum Gasteiger partial charge on any atom is -0.375 e. The number of nitrogens with one attached hydrogen (secondary N) is 1. The van der Waals surface area contributed by atoms with Crippen LogP contribution in [0.15, 0.2) is 11.1 Å². The summed E-state index contributed by atoms with van der Waals surface area (Å²) in [4.78, 5) is 0. The van der Waals surface area contributed by atoms with E-state index >= 15 is 0 Å². The van der Waals surface area contributed by atoms with Gasteiger partial charge in [0, 0.05) is 11.0 Å². The largest absolute Gasteiger partial charge is 0.375 e. The molecule has 0 saturated carbocycles. The molecule has 2 nitrogen and oxygen atoms in total. The first-order chi connectivity index (χ1) is 4.77. The molecule has 0 bridgehead atoms. The van der Waals surface area contributed by atoms with Gasteiger partial charge >= 0.3 is 0 Å². The number of hydrogen-bond acceptors (Lipinski definition) is 2. The Labute approximate surface area is 70.8 Å². The van der Waals surface area contributed by atoms with Crippen molar-refractivity contribution < 1.29 is 4.74 Å². The first kappa shape index (κ1) is 10.1. The summed E-state index contributed by atoms with van der Waals surface area (Å²) in [5, 5.41) is 3.15. The second-order valence-electron chi connectivity index (χ2n) is 1.92. The van der Waals surface area contributed by atoms with Crippen molar-refractivity contribution in [3.63, 3.8) is 0 Å². The maximum atomic E-state index is 5.19. The highest BCUT2D eigenvalue weighted by atomic mass is 79.9. The fourth-order valence-corrected chi connectivity index (χ4v) is 0.666. The van der Waals surface area contributed by atoms with Crippen LogP contribution in [0.4, 0.5) is 0 Å². The highest BCUT2D eigenvalue weighted by molar-refractivity contribution is 9.11. The lowest BCUT2D eigenvalue weighted by Gasteiger charge is -2.02. The van der Waals surface area contributed by atoms with E-state index in [1.165, 1.54) is 0 Å². The van der Waals surface area contributed by atoms with Crippen LogP contribution in [0.1, 0.15) is 6.92 Å². The maximum Gasteiger partial charge on any atom is 0.0776 e. The van der Waals surface area contributed by atoms with Crippen LogP contribution in [0.5, 0.6) is 0 Å². The molecule has 1 N–H and O–H groups in total. The van der Waals surface area contributed by atoms with Gasteiger partial charge in [-0.2, -0.15) is 0 Å². The summed E-state index contributed by atoms with van der Waals surface area (Å²) in [6, 6.07) is 0. The van der Waals surface area contributed by atoms with Gasteiger partial charge in [0.1, 0.15) is 0 Å². The highest BCUT2D eigenvalue weighted by Gasteiger charge is 1.87. The molecule has 0 rings (SSSR count). The first-order valence-corrected chi connectivity index (χ1v) is 4.18. The lowest BCUT2D eigenvalue weighted by Crippen LogP contribution is -2.19. The van der Waals surface area contributed by atoms with Crippen LogP contribution in [0.3, 0.4) is 0 Å². The molecule has 0 aromatic heterocycles. The molecule has 0 saturated heterocycles. The molecule has 0 unspecified atom stereocenters. The van der Waals surface area contributed by atoms with Crippen LogP contribution in [0.2, 0.25) is 0 Å². The molecule has 0 fully saturated rings. The van der Waals surface area contributed by atoms with Gasteiger partial charge in [0.25, 0.3) is 0 Å². The second-order valence-corrected chi connectivity index (χ2v) is 3.04. The van der Waals surface area contributed by atoms with E-state index in [1.807, 2.05) is 0 Å². The number of halogens is 1. The topological polar surface area (TPSA) is 21.3 Å². The van der Waals surface area contributed by atoms with Crippen molar-refractivity contribution in [3.05, 3.63) is 11.1 Å². The summed E-state index contributed by atoms with van der Waals surface area (Å²) < 4.78 is 6.08. The van der Waals surface area contributed by atoms with Gasteiger partial charge < -0.3 is 10.1 Å². The number of likely N-dealkylation sites (N-methyl/N-ethyl adjacent to an activating group) is 1. The minimum absolute atomic E-state index is 0.603. The number of hydrogen-bond donors (Lipinski definition) is 1. The van der Waals surface area contributed by atoms with Gasteiger partial charge in [-0.15, -0.1) is 0 Å². The molecule has 0 amide bonds. The summed E-state index contributed by atoms with van der Waals surface area (Å²) in [7, 11) is 0. The van der Waals surface area contributed by atoms with Crippen LogP contribution in [0.25, 0.3) is 0 Å². The van der Waals surface area contributed by atoms with Gasteiger partial charge in [-0.25, -0.2) is 0 Å². The van der Waals surface area contributed by atoms with E-state index in [2.05, 4.69) is 34.7 Å². The fraction of sp³-hybridized carbons (Fsp3) is 0.714. The zero-order valence-electron chi connectivity index (χ0n) is 6.32. The van der Waals surface area contributed by atoms with Crippen molar-refractivity contribution >= 4 is 15.9 Å². The molecule has 0 aromatic carbocycles. The smallest absolute Gasteiger partial charge is 0.0776 e. The number of ether oxygens (including phenoxy) is 1. The van der Waals surface area contributed by atoms with Crippen molar-refractivity contribution in [1.29, 1.82) is 0 Å². The third-order valence-electron chi connectivity index (χ3n) is 0.932. The summed E-state index contributed by atoms with van der Waals surface area (Å²) in [5.74, 6) is 0. The Balaban J connectivity index is 2.84. The lowest BCUT2D eigenvalue weighted by molar-refractivity contribution is 0.163. The highest BCUT2D eigenvalue weighted by Crippen LogP contribution is 1.99. The van der Waals surface area contributed by atoms with Crippen molar-refractivity contribution in [1.82, 2.24) is 5.32 Å². The molecule has 0 spiro atoms. The Morgan fingerprint density at radius 1 is 1.70 bits per heavy atom. The van der Waals surface area contributed by atoms with Crippen molar-refractivity contribution in [2.75, 3.05) is 26.3 Å². The van der Waals surface area contributed by atoms with Gasteiger partial charge in [0.05, 0.1) is 13.2 Å². The third-order valence-corrected chi connectivity index (χ3v) is 1.16. The second kappa shape index (κ2) is 7.25. The summed E-state index contributed by atoms with van der Waals surface area (Å²) in [6.07, 6.45) is 0. The van der Waals surface area contributed by atoms with E-state index < -0.39 is 0 Å².